The number of amides is 1. The zero-order valence-corrected chi connectivity index (χ0v) is 30.1. The van der Waals surface area contributed by atoms with Crippen LogP contribution in [0.25, 0.3) is 0 Å². The number of carbonyl (C=O) groups is 3. The van der Waals surface area contributed by atoms with Gasteiger partial charge in [0.2, 0.25) is 18.6 Å². The lowest BCUT2D eigenvalue weighted by Crippen LogP contribution is -2.49. The highest BCUT2D eigenvalue weighted by Crippen LogP contribution is 2.56. The number of hydrogen-bond acceptors (Lipinski definition) is 12. The van der Waals surface area contributed by atoms with Crippen molar-refractivity contribution in [3.8, 4) is 28.7 Å². The fourth-order valence-corrected chi connectivity index (χ4v) is 8.06. The van der Waals surface area contributed by atoms with Crippen LogP contribution in [0.2, 0.25) is 0 Å². The molecule has 3 heterocycles. The van der Waals surface area contributed by atoms with Crippen LogP contribution in [0.1, 0.15) is 68.0 Å². The second-order valence-corrected chi connectivity index (χ2v) is 14.4. The summed E-state index contributed by atoms with van der Waals surface area (Å²) in [5.41, 5.74) is 0.826. The third kappa shape index (κ3) is 5.68. The quantitative estimate of drug-likeness (QED) is 0.287. The van der Waals surface area contributed by atoms with Crippen molar-refractivity contribution in [3.05, 3.63) is 88.5 Å². The number of nitrogens with one attached hydrogen (secondary N) is 1. The van der Waals surface area contributed by atoms with Crippen LogP contribution >= 0.6 is 0 Å². The third-order valence-corrected chi connectivity index (χ3v) is 10.5. The monoisotopic (exact) mass is 714 g/mol. The van der Waals surface area contributed by atoms with E-state index in [4.69, 9.17) is 33.2 Å². The number of carbonyl (C=O) groups excluding carboxylic acids is 3. The summed E-state index contributed by atoms with van der Waals surface area (Å²) in [6.07, 6.45) is 0.271. The molecule has 13 nitrogen and oxygen atoms in total. The lowest BCUT2D eigenvalue weighted by atomic mass is 9.65. The highest BCUT2D eigenvalue weighted by molar-refractivity contribution is 5.95. The number of hydrogen-bond donors (Lipinski definition) is 2. The Labute approximate surface area is 301 Å². The first-order chi connectivity index (χ1) is 24.8. The molecule has 1 aliphatic carbocycles. The minimum absolute atomic E-state index is 0.0132. The Morgan fingerprint density at radius 2 is 1.54 bits per heavy atom. The SMILES string of the molecule is COc1cc([C@@H]2c3cc4c(cc3[C@@H](NC(=O)C(OC(=O)C3=CC(C)(C)N(O)C3(C)C)c3ccccc3)[C@H]3COC(=O)[C@H]23)OCO4)cc(OC)c1OC. The van der Waals surface area contributed by atoms with Gasteiger partial charge in [0.15, 0.2) is 23.0 Å². The first-order valence-corrected chi connectivity index (χ1v) is 17.0. The Morgan fingerprint density at radius 1 is 0.904 bits per heavy atom. The molecule has 0 radical (unpaired) electrons. The smallest absolute Gasteiger partial charge is 0.336 e. The molecule has 3 aromatic rings. The van der Waals surface area contributed by atoms with Crippen LogP contribution < -0.4 is 29.0 Å². The van der Waals surface area contributed by atoms with Crippen molar-refractivity contribution in [2.24, 2.45) is 11.8 Å². The van der Waals surface area contributed by atoms with Gasteiger partial charge in [-0.15, -0.1) is 0 Å². The lowest BCUT2D eigenvalue weighted by molar-refractivity contribution is -0.188. The van der Waals surface area contributed by atoms with Gasteiger partial charge in [0.05, 0.1) is 56.5 Å². The lowest BCUT2D eigenvalue weighted by Gasteiger charge is -2.40. The molecule has 3 aliphatic heterocycles. The van der Waals surface area contributed by atoms with Gasteiger partial charge < -0.3 is 43.7 Å². The molecular formula is C39H42N2O11. The number of esters is 2. The van der Waals surface area contributed by atoms with Crippen molar-refractivity contribution in [2.45, 2.75) is 56.8 Å². The number of ether oxygens (including phenoxy) is 7. The highest BCUT2D eigenvalue weighted by Gasteiger charge is 2.54. The van der Waals surface area contributed by atoms with E-state index in [9.17, 15) is 19.6 Å². The van der Waals surface area contributed by atoms with Gasteiger partial charge >= 0.3 is 11.9 Å². The zero-order valence-electron chi connectivity index (χ0n) is 30.1. The number of hydroxylamine groups is 2. The van der Waals surface area contributed by atoms with E-state index in [1.54, 1.807) is 76.2 Å². The summed E-state index contributed by atoms with van der Waals surface area (Å²) in [6.45, 7) is 7.00. The number of cyclic esters (lactones) is 1. The number of methoxy groups -OCH3 is 3. The molecule has 0 bridgehead atoms. The van der Waals surface area contributed by atoms with Crippen LogP contribution in [0.4, 0.5) is 0 Å². The van der Waals surface area contributed by atoms with E-state index in [0.29, 0.717) is 51.0 Å². The zero-order chi connectivity index (χ0) is 37.1. The van der Waals surface area contributed by atoms with Crippen molar-refractivity contribution >= 4 is 17.8 Å². The van der Waals surface area contributed by atoms with Crippen LogP contribution in [-0.4, -0.2) is 73.9 Å². The van der Waals surface area contributed by atoms with Crippen molar-refractivity contribution in [1.29, 1.82) is 0 Å². The van der Waals surface area contributed by atoms with E-state index >= 15 is 0 Å². The fourth-order valence-electron chi connectivity index (χ4n) is 8.06. The van der Waals surface area contributed by atoms with E-state index in [2.05, 4.69) is 5.32 Å². The summed E-state index contributed by atoms with van der Waals surface area (Å²) in [6, 6.07) is 15.2. The topological polar surface area (TPSA) is 151 Å². The Hall–Kier alpha value is -5.27. The van der Waals surface area contributed by atoms with Crippen LogP contribution in [0.3, 0.4) is 0 Å². The van der Waals surface area contributed by atoms with Crippen molar-refractivity contribution in [3.63, 3.8) is 0 Å². The molecule has 0 aromatic heterocycles. The molecule has 52 heavy (non-hydrogen) atoms. The van der Waals surface area contributed by atoms with Gasteiger partial charge in [-0.1, -0.05) is 36.4 Å². The van der Waals surface area contributed by atoms with E-state index in [1.807, 2.05) is 12.1 Å². The van der Waals surface area contributed by atoms with E-state index in [1.165, 1.54) is 21.3 Å². The minimum Gasteiger partial charge on any atom is -0.493 e. The standard InChI is InChI=1S/C39H42N2O11/c1-38(2)17-25(39(3,4)41(38)45)36(43)52-33(20-11-9-8-10-12-20)35(42)40-32-23-16-27-26(50-19-51-27)15-22(23)30(31-24(32)18-49-37(31)44)21-13-28(46-5)34(48-7)29(14-21)47-6/h8-17,24,30-33,45H,18-19H2,1-7H3,(H,40,42)/t24-,30+,31-,32+,33?/m0/s1. The first kappa shape index (κ1) is 35.1. The summed E-state index contributed by atoms with van der Waals surface area (Å²) < 4.78 is 40.2. The molecule has 0 saturated carbocycles. The maximum Gasteiger partial charge on any atom is 0.336 e. The number of benzene rings is 3. The van der Waals surface area contributed by atoms with Gasteiger partial charge in [-0.2, -0.15) is 5.06 Å². The molecule has 5 atom stereocenters. The molecule has 1 saturated heterocycles. The minimum atomic E-state index is -1.37. The Kier molecular flexibility index (Phi) is 8.82. The van der Waals surface area contributed by atoms with E-state index in [0.717, 1.165) is 5.06 Å². The van der Waals surface area contributed by atoms with E-state index in [-0.39, 0.29) is 19.0 Å². The molecule has 2 N–H and O–H groups in total. The number of fused-ring (bicyclic) bond motifs is 3. The van der Waals surface area contributed by atoms with Gasteiger partial charge in [-0.3, -0.25) is 9.59 Å². The van der Waals surface area contributed by atoms with Crippen molar-refractivity contribution < 1.29 is 52.7 Å². The molecule has 3 aromatic carbocycles. The molecule has 1 unspecified atom stereocenters. The largest absolute Gasteiger partial charge is 0.493 e. The maximum atomic E-state index is 14.5. The van der Waals surface area contributed by atoms with Crippen molar-refractivity contribution in [1.82, 2.24) is 10.4 Å². The molecule has 7 rings (SSSR count). The summed E-state index contributed by atoms with van der Waals surface area (Å²) >= 11 is 0. The molecular weight excluding hydrogens is 672 g/mol. The van der Waals surface area contributed by atoms with Crippen LogP contribution in [0.5, 0.6) is 28.7 Å². The normalized spacial score (nSPS) is 24.2. The first-order valence-electron chi connectivity index (χ1n) is 17.0. The van der Waals surface area contributed by atoms with Gasteiger partial charge in [0.1, 0.15) is 0 Å². The van der Waals surface area contributed by atoms with Gasteiger partial charge in [0.25, 0.3) is 5.91 Å². The molecule has 0 spiro atoms. The summed E-state index contributed by atoms with van der Waals surface area (Å²) in [5, 5.41) is 15.1. The average Bonchev–Trinajstić information content (AvgIpc) is 3.80. The molecule has 4 aliphatic rings. The highest BCUT2D eigenvalue weighted by atomic mass is 16.7. The Balaban J connectivity index is 1.30. The third-order valence-electron chi connectivity index (χ3n) is 10.5. The molecule has 1 amide bonds. The van der Waals surface area contributed by atoms with Gasteiger partial charge in [-0.05, 0) is 68.7 Å². The predicted octanol–water partition coefficient (Wildman–Crippen LogP) is 5.01. The van der Waals surface area contributed by atoms with Gasteiger partial charge in [0, 0.05) is 17.4 Å². The van der Waals surface area contributed by atoms with Crippen LogP contribution in [-0.2, 0) is 23.9 Å². The second-order valence-electron chi connectivity index (χ2n) is 14.4. The molecule has 274 valence electrons. The summed E-state index contributed by atoms with van der Waals surface area (Å²) in [4.78, 5) is 42.1. The summed E-state index contributed by atoms with van der Waals surface area (Å²) in [7, 11) is 4.56. The molecule has 13 heteroatoms. The summed E-state index contributed by atoms with van der Waals surface area (Å²) in [5.74, 6) is -1.38. The maximum absolute atomic E-state index is 14.5. The number of nitrogens with zero attached hydrogens (tertiary/aromatic N) is 1. The van der Waals surface area contributed by atoms with E-state index < -0.39 is 58.8 Å². The second kappa shape index (κ2) is 13.1. The Bertz CT molecular complexity index is 1930. The van der Waals surface area contributed by atoms with Crippen LogP contribution in [0, 0.1) is 11.8 Å². The Morgan fingerprint density at radius 3 is 2.12 bits per heavy atom. The molecule has 1 fully saturated rings. The fraction of sp³-hybridized carbons (Fsp3) is 0.410. The predicted molar refractivity (Wildman–Crippen MR) is 184 cm³/mol. The average molecular weight is 715 g/mol. The van der Waals surface area contributed by atoms with Crippen LogP contribution in [0.15, 0.2) is 66.2 Å². The van der Waals surface area contributed by atoms with Crippen molar-refractivity contribution in [2.75, 3.05) is 34.7 Å². The number of rotatable bonds is 9. The van der Waals surface area contributed by atoms with Gasteiger partial charge in [-0.25, -0.2) is 4.79 Å².